The number of benzene rings is 3. The highest BCUT2D eigenvalue weighted by atomic mass is 35.5. The zero-order valence-corrected chi connectivity index (χ0v) is 23.2. The van der Waals surface area contributed by atoms with Crippen molar-refractivity contribution in [1.82, 2.24) is 4.90 Å². The number of likely N-dealkylation sites (tertiary alicyclic amines) is 1. The Hall–Kier alpha value is -2.73. The lowest BCUT2D eigenvalue weighted by Gasteiger charge is -2.38. The van der Waals surface area contributed by atoms with Gasteiger partial charge in [0.15, 0.2) is 0 Å². The van der Waals surface area contributed by atoms with Gasteiger partial charge in [-0.25, -0.2) is 0 Å². The molecule has 0 radical (unpaired) electrons. The maximum Gasteiger partial charge on any atom is 0.142 e. The summed E-state index contributed by atoms with van der Waals surface area (Å²) in [7, 11) is 0. The van der Waals surface area contributed by atoms with Gasteiger partial charge in [-0.3, -0.25) is 0 Å². The molecule has 202 valence electrons. The van der Waals surface area contributed by atoms with Crippen LogP contribution in [0.25, 0.3) is 11.1 Å². The lowest BCUT2D eigenvalue weighted by molar-refractivity contribution is 0.0781. The number of rotatable bonds is 9. The van der Waals surface area contributed by atoms with Gasteiger partial charge in [0.25, 0.3) is 0 Å². The predicted octanol–water partition coefficient (Wildman–Crippen LogP) is 7.18. The molecule has 0 saturated carbocycles. The number of nitrogens with zero attached hydrogens (tertiary/aromatic N) is 1. The molecule has 2 heterocycles. The van der Waals surface area contributed by atoms with Crippen LogP contribution < -0.4 is 9.47 Å². The maximum absolute atomic E-state index is 9.76. The Kier molecular flexibility index (Phi) is 8.47. The zero-order valence-electron chi connectivity index (χ0n) is 22.5. The molecule has 2 aliphatic heterocycles. The van der Waals surface area contributed by atoms with Crippen LogP contribution >= 0.6 is 11.6 Å². The Morgan fingerprint density at radius 3 is 2.45 bits per heavy atom. The third-order valence-corrected chi connectivity index (χ3v) is 8.61. The van der Waals surface area contributed by atoms with Crippen molar-refractivity contribution in [2.24, 2.45) is 5.41 Å². The number of phenolic OH excluding ortho intramolecular Hbond substituents is 1. The lowest BCUT2D eigenvalue weighted by atomic mass is 9.78. The number of hydrogen-bond donors (Lipinski definition) is 1. The molecule has 2 fully saturated rings. The molecule has 0 atom stereocenters. The number of halogens is 1. The van der Waals surface area contributed by atoms with Gasteiger partial charge in [0.05, 0.1) is 18.2 Å². The van der Waals surface area contributed by atoms with E-state index in [1.165, 1.54) is 32.4 Å². The van der Waals surface area contributed by atoms with Gasteiger partial charge in [0.1, 0.15) is 23.9 Å². The van der Waals surface area contributed by atoms with Gasteiger partial charge in [-0.15, -0.1) is 0 Å². The Morgan fingerprint density at radius 1 is 0.921 bits per heavy atom. The average Bonchev–Trinajstić information content (AvgIpc) is 3.38. The highest BCUT2D eigenvalue weighted by Crippen LogP contribution is 2.39. The summed E-state index contributed by atoms with van der Waals surface area (Å²) in [4.78, 5) is 2.58. The van der Waals surface area contributed by atoms with E-state index >= 15 is 0 Å². The minimum absolute atomic E-state index is 0.130. The first-order chi connectivity index (χ1) is 18.4. The van der Waals surface area contributed by atoms with Crippen molar-refractivity contribution in [2.75, 3.05) is 39.5 Å². The van der Waals surface area contributed by atoms with Crippen molar-refractivity contribution in [3.05, 3.63) is 76.3 Å². The van der Waals surface area contributed by atoms with Crippen LogP contribution in [0.4, 0.5) is 0 Å². The van der Waals surface area contributed by atoms with Gasteiger partial charge in [-0.05, 0) is 104 Å². The van der Waals surface area contributed by atoms with E-state index in [1.54, 1.807) is 18.2 Å². The molecule has 0 unspecified atom stereocenters. The van der Waals surface area contributed by atoms with Gasteiger partial charge in [0.2, 0.25) is 0 Å². The molecular formula is C32H38ClNO4. The molecule has 0 aliphatic carbocycles. The number of aromatic hydroxyl groups is 1. The fourth-order valence-corrected chi connectivity index (χ4v) is 5.89. The number of phenols is 1. The van der Waals surface area contributed by atoms with Crippen LogP contribution in [0.15, 0.2) is 54.6 Å². The number of ether oxygens (including phenoxy) is 3. The van der Waals surface area contributed by atoms with Crippen LogP contribution in [0, 0.1) is 19.3 Å². The monoisotopic (exact) mass is 535 g/mol. The Balaban J connectivity index is 1.18. The molecule has 2 saturated heterocycles. The van der Waals surface area contributed by atoms with Crippen LogP contribution in [-0.4, -0.2) is 49.5 Å². The molecule has 0 aromatic heterocycles. The van der Waals surface area contributed by atoms with Gasteiger partial charge < -0.3 is 24.2 Å². The van der Waals surface area contributed by atoms with Crippen molar-refractivity contribution < 1.29 is 19.3 Å². The van der Waals surface area contributed by atoms with E-state index in [4.69, 9.17) is 25.8 Å². The summed E-state index contributed by atoms with van der Waals surface area (Å²) < 4.78 is 17.9. The molecule has 5 rings (SSSR count). The quantitative estimate of drug-likeness (QED) is 0.294. The second-order valence-corrected chi connectivity index (χ2v) is 11.2. The summed E-state index contributed by atoms with van der Waals surface area (Å²) in [6.45, 7) is 10.7. The molecule has 5 nitrogen and oxygen atoms in total. The summed E-state index contributed by atoms with van der Waals surface area (Å²) in [5.41, 5.74) is 6.15. The second kappa shape index (κ2) is 12.0. The van der Waals surface area contributed by atoms with Gasteiger partial charge >= 0.3 is 0 Å². The molecule has 2 aliphatic rings. The topological polar surface area (TPSA) is 51.2 Å². The van der Waals surface area contributed by atoms with Crippen LogP contribution in [0.1, 0.15) is 42.4 Å². The first kappa shape index (κ1) is 26.9. The lowest BCUT2D eigenvalue weighted by Crippen LogP contribution is -2.41. The van der Waals surface area contributed by atoms with Crippen molar-refractivity contribution >= 4 is 11.6 Å². The zero-order chi connectivity index (χ0) is 26.5. The predicted molar refractivity (Wildman–Crippen MR) is 152 cm³/mol. The van der Waals surface area contributed by atoms with E-state index in [-0.39, 0.29) is 5.75 Å². The fraction of sp³-hybridized carbons (Fsp3) is 0.438. The molecule has 6 heteroatoms. The first-order valence-corrected chi connectivity index (χ1v) is 14.0. The van der Waals surface area contributed by atoms with E-state index < -0.39 is 0 Å². The van der Waals surface area contributed by atoms with Crippen molar-refractivity contribution in [1.29, 1.82) is 0 Å². The van der Waals surface area contributed by atoms with Crippen LogP contribution in [0.2, 0.25) is 5.02 Å². The van der Waals surface area contributed by atoms with Crippen molar-refractivity contribution in [3.63, 3.8) is 0 Å². The maximum atomic E-state index is 9.76. The largest absolute Gasteiger partial charge is 0.508 e. The minimum Gasteiger partial charge on any atom is -0.508 e. The molecular weight excluding hydrogens is 498 g/mol. The van der Waals surface area contributed by atoms with E-state index in [1.807, 2.05) is 0 Å². The van der Waals surface area contributed by atoms with E-state index in [9.17, 15) is 5.11 Å². The minimum atomic E-state index is 0.130. The fourth-order valence-electron chi connectivity index (χ4n) is 5.72. The molecule has 3 aromatic carbocycles. The first-order valence-electron chi connectivity index (χ1n) is 13.7. The Labute approximate surface area is 231 Å². The highest BCUT2D eigenvalue weighted by molar-refractivity contribution is 6.32. The summed E-state index contributed by atoms with van der Waals surface area (Å²) in [5, 5.41) is 10.2. The van der Waals surface area contributed by atoms with Crippen LogP contribution in [0.5, 0.6) is 17.2 Å². The summed E-state index contributed by atoms with van der Waals surface area (Å²) in [5.74, 6) is 1.54. The van der Waals surface area contributed by atoms with Gasteiger partial charge in [-0.2, -0.15) is 0 Å². The van der Waals surface area contributed by atoms with Crippen LogP contribution in [0.3, 0.4) is 0 Å². The van der Waals surface area contributed by atoms with Crippen molar-refractivity contribution in [3.8, 4) is 28.4 Å². The molecule has 1 N–H and O–H groups in total. The third-order valence-electron chi connectivity index (χ3n) is 8.30. The normalized spacial score (nSPS) is 17.1. The van der Waals surface area contributed by atoms with E-state index in [0.717, 1.165) is 59.7 Å². The Bertz CT molecular complexity index is 1240. The summed E-state index contributed by atoms with van der Waals surface area (Å²) >= 11 is 6.23. The highest BCUT2D eigenvalue weighted by Gasteiger charge is 2.37. The average molecular weight is 536 g/mol. The Morgan fingerprint density at radius 2 is 1.68 bits per heavy atom. The molecule has 38 heavy (non-hydrogen) atoms. The smallest absolute Gasteiger partial charge is 0.142 e. The summed E-state index contributed by atoms with van der Waals surface area (Å²) in [6, 6.07) is 17.3. The molecule has 0 amide bonds. The molecule has 1 spiro atoms. The molecule has 0 bridgehead atoms. The third kappa shape index (κ3) is 6.12. The summed E-state index contributed by atoms with van der Waals surface area (Å²) in [6.07, 6.45) is 4.79. The van der Waals surface area contributed by atoms with E-state index in [2.05, 4.69) is 55.1 Å². The standard InChI is InChI=1S/C32H38ClNO4/c1-23-25(21-38-31-20-26(35)10-11-29(31)33)6-3-7-27(23)28-8-4-9-30(24(28)2)37-18-5-15-34-16-12-32(13-17-34)14-19-36-22-32/h3-4,6-11,20,35H,5,12-19,21-22H2,1-2H3. The SMILES string of the molecule is Cc1c(COc2cc(O)ccc2Cl)cccc1-c1cccc(OCCCN2CCC3(CCOC3)CC2)c1C. The van der Waals surface area contributed by atoms with Gasteiger partial charge in [-0.1, -0.05) is 41.9 Å². The molecule has 3 aromatic rings. The van der Waals surface area contributed by atoms with Gasteiger partial charge in [0, 0.05) is 19.2 Å². The van der Waals surface area contributed by atoms with Crippen molar-refractivity contribution in [2.45, 2.75) is 46.1 Å². The second-order valence-electron chi connectivity index (χ2n) is 10.8. The number of piperidine rings is 1. The van der Waals surface area contributed by atoms with Crippen LogP contribution in [-0.2, 0) is 11.3 Å². The van der Waals surface area contributed by atoms with E-state index in [0.29, 0.717) is 29.4 Å². The number of hydrogen-bond acceptors (Lipinski definition) is 5.